The molecule has 28 heavy (non-hydrogen) atoms. The fourth-order valence-electron chi connectivity index (χ4n) is 3.61. The topological polar surface area (TPSA) is 38.1 Å². The largest absolute Gasteiger partial charge is 0.342 e. The van der Waals surface area contributed by atoms with E-state index < -0.39 is 0 Å². The van der Waals surface area contributed by atoms with Crippen molar-refractivity contribution < 1.29 is 9.18 Å². The van der Waals surface area contributed by atoms with Crippen molar-refractivity contribution in [3.8, 4) is 0 Å². The number of pyridine rings is 1. The number of nitrogens with zero attached hydrogens (tertiary/aromatic N) is 3. The summed E-state index contributed by atoms with van der Waals surface area (Å²) in [6.07, 6.45) is 3.84. The van der Waals surface area contributed by atoms with Gasteiger partial charge in [0.15, 0.2) is 0 Å². The Kier molecular flexibility index (Phi) is 4.99. The van der Waals surface area contributed by atoms with Gasteiger partial charge in [-0.25, -0.2) is 4.39 Å². The van der Waals surface area contributed by atoms with Gasteiger partial charge in [-0.3, -0.25) is 9.78 Å². The SMILES string of the molecule is Cc1cc(C(=O)N(Cc2ccc(F)cc2)C2CC2)c(C)n1Cc1ccccn1. The minimum atomic E-state index is -0.258. The van der Waals surface area contributed by atoms with Gasteiger partial charge in [0.1, 0.15) is 5.82 Å². The first-order chi connectivity index (χ1) is 13.5. The summed E-state index contributed by atoms with van der Waals surface area (Å²) >= 11 is 0. The number of hydrogen-bond acceptors (Lipinski definition) is 2. The van der Waals surface area contributed by atoms with E-state index in [4.69, 9.17) is 0 Å². The van der Waals surface area contributed by atoms with Crippen LogP contribution in [0.25, 0.3) is 0 Å². The second kappa shape index (κ2) is 7.58. The molecule has 1 fully saturated rings. The lowest BCUT2D eigenvalue weighted by molar-refractivity contribution is 0.0729. The van der Waals surface area contributed by atoms with Crippen molar-refractivity contribution >= 4 is 5.91 Å². The van der Waals surface area contributed by atoms with E-state index in [1.54, 1.807) is 18.3 Å². The third-order valence-corrected chi connectivity index (χ3v) is 5.36. The zero-order chi connectivity index (χ0) is 19.7. The number of carbonyl (C=O) groups is 1. The molecule has 1 aromatic carbocycles. The van der Waals surface area contributed by atoms with Gasteiger partial charge in [-0.05, 0) is 62.6 Å². The summed E-state index contributed by atoms with van der Waals surface area (Å²) in [4.78, 5) is 19.7. The van der Waals surface area contributed by atoms with Gasteiger partial charge >= 0.3 is 0 Å². The fraction of sp³-hybridized carbons (Fsp3) is 0.304. The summed E-state index contributed by atoms with van der Waals surface area (Å²) in [6, 6.07) is 14.5. The lowest BCUT2D eigenvalue weighted by atomic mass is 10.1. The standard InChI is InChI=1S/C23H24FN3O/c1-16-13-22(17(2)26(16)15-20-5-3-4-12-25-20)23(28)27(21-10-11-21)14-18-6-8-19(24)9-7-18/h3-9,12-13,21H,10-11,14-15H2,1-2H3. The van der Waals surface area contributed by atoms with Gasteiger partial charge in [-0.2, -0.15) is 0 Å². The Morgan fingerprint density at radius 1 is 1.18 bits per heavy atom. The van der Waals surface area contributed by atoms with Crippen molar-refractivity contribution in [1.82, 2.24) is 14.5 Å². The lowest BCUT2D eigenvalue weighted by Gasteiger charge is -2.23. The van der Waals surface area contributed by atoms with Crippen LogP contribution in [0.3, 0.4) is 0 Å². The average Bonchev–Trinajstić information content (AvgIpc) is 3.50. The van der Waals surface area contributed by atoms with E-state index in [0.717, 1.165) is 41.1 Å². The van der Waals surface area contributed by atoms with Crippen LogP contribution >= 0.6 is 0 Å². The first-order valence-electron chi connectivity index (χ1n) is 9.65. The Labute approximate surface area is 164 Å². The van der Waals surface area contributed by atoms with Gasteiger partial charge in [0.25, 0.3) is 5.91 Å². The quantitative estimate of drug-likeness (QED) is 0.635. The van der Waals surface area contributed by atoms with Crippen LogP contribution in [-0.4, -0.2) is 26.4 Å². The van der Waals surface area contributed by atoms with Gasteiger partial charge in [-0.15, -0.1) is 0 Å². The monoisotopic (exact) mass is 377 g/mol. The number of halogens is 1. The van der Waals surface area contributed by atoms with E-state index in [1.807, 2.05) is 43.0 Å². The van der Waals surface area contributed by atoms with Crippen LogP contribution in [0, 0.1) is 19.7 Å². The summed E-state index contributed by atoms with van der Waals surface area (Å²) in [5.41, 5.74) is 4.65. The number of aryl methyl sites for hydroxylation is 1. The van der Waals surface area contributed by atoms with Crippen LogP contribution in [0.4, 0.5) is 4.39 Å². The average molecular weight is 377 g/mol. The first-order valence-corrected chi connectivity index (χ1v) is 9.65. The van der Waals surface area contributed by atoms with E-state index in [0.29, 0.717) is 13.1 Å². The zero-order valence-corrected chi connectivity index (χ0v) is 16.2. The lowest BCUT2D eigenvalue weighted by Crippen LogP contribution is -2.33. The van der Waals surface area contributed by atoms with Gasteiger partial charge < -0.3 is 9.47 Å². The van der Waals surface area contributed by atoms with E-state index in [9.17, 15) is 9.18 Å². The van der Waals surface area contributed by atoms with E-state index in [2.05, 4.69) is 9.55 Å². The third-order valence-electron chi connectivity index (χ3n) is 5.36. The normalized spacial score (nSPS) is 13.5. The first kappa shape index (κ1) is 18.4. The molecule has 1 saturated carbocycles. The second-order valence-corrected chi connectivity index (χ2v) is 7.48. The molecule has 0 radical (unpaired) electrons. The number of rotatable bonds is 6. The molecule has 0 aliphatic heterocycles. The highest BCUT2D eigenvalue weighted by molar-refractivity contribution is 5.96. The minimum absolute atomic E-state index is 0.0483. The molecule has 1 amide bonds. The van der Waals surface area contributed by atoms with Crippen LogP contribution in [0.5, 0.6) is 0 Å². The van der Waals surface area contributed by atoms with Crippen molar-refractivity contribution in [2.75, 3.05) is 0 Å². The number of carbonyl (C=O) groups excluding carboxylic acids is 1. The van der Waals surface area contributed by atoms with Crippen LogP contribution in [0.15, 0.2) is 54.7 Å². The summed E-state index contributed by atoms with van der Waals surface area (Å²) < 4.78 is 15.3. The molecule has 4 rings (SSSR count). The highest BCUT2D eigenvalue weighted by atomic mass is 19.1. The molecule has 0 unspecified atom stereocenters. The Morgan fingerprint density at radius 2 is 1.93 bits per heavy atom. The minimum Gasteiger partial charge on any atom is -0.342 e. The second-order valence-electron chi connectivity index (χ2n) is 7.48. The summed E-state index contributed by atoms with van der Waals surface area (Å²) in [5.74, 6) is -0.210. The van der Waals surface area contributed by atoms with Crippen molar-refractivity contribution in [3.63, 3.8) is 0 Å². The van der Waals surface area contributed by atoms with Gasteiger partial charge in [-0.1, -0.05) is 18.2 Å². The summed E-state index contributed by atoms with van der Waals surface area (Å²) in [7, 11) is 0. The molecule has 1 aliphatic carbocycles. The van der Waals surface area contributed by atoms with Crippen molar-refractivity contribution in [3.05, 3.63) is 88.8 Å². The summed E-state index contributed by atoms with van der Waals surface area (Å²) in [6.45, 7) is 5.17. The molecule has 0 N–H and O–H groups in total. The van der Waals surface area contributed by atoms with Crippen molar-refractivity contribution in [2.24, 2.45) is 0 Å². The van der Waals surface area contributed by atoms with Crippen LogP contribution in [0.2, 0.25) is 0 Å². The predicted octanol–water partition coefficient (Wildman–Crippen LogP) is 4.49. The highest BCUT2D eigenvalue weighted by Gasteiger charge is 2.34. The Morgan fingerprint density at radius 3 is 2.57 bits per heavy atom. The highest BCUT2D eigenvalue weighted by Crippen LogP contribution is 2.31. The molecule has 0 saturated heterocycles. The maximum absolute atomic E-state index is 13.4. The molecular weight excluding hydrogens is 353 g/mol. The van der Waals surface area contributed by atoms with Crippen molar-refractivity contribution in [2.45, 2.75) is 45.8 Å². The molecule has 3 aromatic rings. The van der Waals surface area contributed by atoms with Gasteiger partial charge in [0, 0.05) is 30.2 Å². The molecule has 144 valence electrons. The molecule has 2 aromatic heterocycles. The molecule has 2 heterocycles. The Balaban J connectivity index is 1.59. The van der Waals surface area contributed by atoms with Gasteiger partial charge in [0.2, 0.25) is 0 Å². The Hall–Kier alpha value is -2.95. The predicted molar refractivity (Wildman–Crippen MR) is 107 cm³/mol. The molecule has 0 spiro atoms. The maximum Gasteiger partial charge on any atom is 0.256 e. The van der Waals surface area contributed by atoms with Crippen LogP contribution < -0.4 is 0 Å². The molecule has 0 bridgehead atoms. The third kappa shape index (κ3) is 3.84. The molecule has 0 atom stereocenters. The maximum atomic E-state index is 13.4. The van der Waals surface area contributed by atoms with Crippen LogP contribution in [-0.2, 0) is 13.1 Å². The molecule has 1 aliphatic rings. The number of amides is 1. The fourth-order valence-corrected chi connectivity index (χ4v) is 3.61. The molecular formula is C23H24FN3O. The van der Waals surface area contributed by atoms with Crippen molar-refractivity contribution in [1.29, 1.82) is 0 Å². The number of benzene rings is 1. The number of aromatic nitrogens is 2. The zero-order valence-electron chi connectivity index (χ0n) is 16.2. The van der Waals surface area contributed by atoms with E-state index in [1.165, 1.54) is 12.1 Å². The molecule has 5 heteroatoms. The van der Waals surface area contributed by atoms with Crippen LogP contribution in [0.1, 0.15) is 45.8 Å². The number of hydrogen-bond donors (Lipinski definition) is 0. The Bertz CT molecular complexity index is 975. The smallest absolute Gasteiger partial charge is 0.256 e. The van der Waals surface area contributed by atoms with E-state index >= 15 is 0 Å². The van der Waals surface area contributed by atoms with Gasteiger partial charge in [0.05, 0.1) is 17.8 Å². The summed E-state index contributed by atoms with van der Waals surface area (Å²) in [5, 5.41) is 0. The molecule has 4 nitrogen and oxygen atoms in total. The van der Waals surface area contributed by atoms with E-state index in [-0.39, 0.29) is 17.8 Å².